The Hall–Kier alpha value is -3.49. The van der Waals surface area contributed by atoms with E-state index in [1.54, 1.807) is 29.8 Å². The van der Waals surface area contributed by atoms with Crippen LogP contribution < -0.4 is 9.46 Å². The summed E-state index contributed by atoms with van der Waals surface area (Å²) in [5.74, 6) is -0.00331. The number of hydrogen-bond acceptors (Lipinski definition) is 6. The molecular formula is C21H13F3N4O2S2. The van der Waals surface area contributed by atoms with Gasteiger partial charge in [-0.3, -0.25) is 9.71 Å². The van der Waals surface area contributed by atoms with E-state index in [1.165, 1.54) is 30.7 Å². The number of thiazole rings is 1. The second-order valence-electron chi connectivity index (χ2n) is 6.46. The summed E-state index contributed by atoms with van der Waals surface area (Å²) in [5.41, 5.74) is 0.0734. The number of anilines is 1. The summed E-state index contributed by atoms with van der Waals surface area (Å²) in [6.45, 7) is 0. The number of aromatic nitrogens is 2. The molecule has 2 aromatic heterocycles. The number of pyridine rings is 1. The summed E-state index contributed by atoms with van der Waals surface area (Å²) in [7, 11) is -0.357. The highest BCUT2D eigenvalue weighted by Crippen LogP contribution is 2.39. The van der Waals surface area contributed by atoms with Crippen molar-refractivity contribution in [2.24, 2.45) is 0 Å². The van der Waals surface area contributed by atoms with Gasteiger partial charge in [0.25, 0.3) is 0 Å². The number of nitriles is 1. The van der Waals surface area contributed by atoms with E-state index in [4.69, 9.17) is 4.74 Å². The molecule has 2 heterocycles. The van der Waals surface area contributed by atoms with Gasteiger partial charge < -0.3 is 4.74 Å². The van der Waals surface area contributed by atoms with Gasteiger partial charge in [0.1, 0.15) is 11.8 Å². The predicted molar refractivity (Wildman–Crippen MR) is 116 cm³/mol. The molecule has 1 unspecified atom stereocenters. The number of nitrogens with one attached hydrogen (secondary N) is 1. The zero-order valence-electron chi connectivity index (χ0n) is 16.3. The van der Waals surface area contributed by atoms with Crippen molar-refractivity contribution < 1.29 is 22.1 Å². The minimum atomic E-state index is -4.52. The maximum absolute atomic E-state index is 13.1. The van der Waals surface area contributed by atoms with Crippen molar-refractivity contribution in [3.8, 4) is 23.1 Å². The van der Waals surface area contributed by atoms with Gasteiger partial charge in [0.05, 0.1) is 28.8 Å². The van der Waals surface area contributed by atoms with Crippen LogP contribution in [-0.4, -0.2) is 21.3 Å². The Morgan fingerprint density at radius 2 is 1.97 bits per heavy atom. The van der Waals surface area contributed by atoms with E-state index >= 15 is 0 Å². The number of rotatable bonds is 5. The molecule has 0 fully saturated rings. The smallest absolute Gasteiger partial charge is 0.416 e. The normalized spacial score (nSPS) is 12.3. The van der Waals surface area contributed by atoms with Crippen molar-refractivity contribution in [1.29, 1.82) is 5.26 Å². The summed E-state index contributed by atoms with van der Waals surface area (Å²) >= 11 is 1.29. The van der Waals surface area contributed by atoms with Crippen LogP contribution in [0.3, 0.4) is 0 Å². The Balaban J connectivity index is 1.84. The van der Waals surface area contributed by atoms with E-state index in [2.05, 4.69) is 14.7 Å². The minimum Gasteiger partial charge on any atom is -0.496 e. The first-order chi connectivity index (χ1) is 15.3. The van der Waals surface area contributed by atoms with Crippen LogP contribution in [0.5, 0.6) is 5.75 Å². The fourth-order valence-electron chi connectivity index (χ4n) is 3.12. The van der Waals surface area contributed by atoms with Gasteiger partial charge in [-0.25, -0.2) is 9.19 Å². The lowest BCUT2D eigenvalue weighted by Gasteiger charge is -2.14. The highest BCUT2D eigenvalue weighted by Gasteiger charge is 2.31. The molecule has 0 saturated carbocycles. The molecule has 11 heteroatoms. The Labute approximate surface area is 186 Å². The molecule has 1 atom stereocenters. The number of methoxy groups -OCH3 is 1. The van der Waals surface area contributed by atoms with E-state index in [0.29, 0.717) is 32.1 Å². The Bertz CT molecular complexity index is 1370. The first kappa shape index (κ1) is 21.7. The van der Waals surface area contributed by atoms with Gasteiger partial charge in [0, 0.05) is 34.1 Å². The quantitative estimate of drug-likeness (QED) is 0.419. The third-order valence-corrected chi connectivity index (χ3v) is 6.47. The highest BCUT2D eigenvalue weighted by molar-refractivity contribution is 7.86. The van der Waals surface area contributed by atoms with Crippen LogP contribution in [0.2, 0.25) is 0 Å². The molecule has 1 N–H and O–H groups in total. The number of fused-ring (bicyclic) bond motifs is 1. The molecule has 0 radical (unpaired) electrons. The van der Waals surface area contributed by atoms with E-state index in [1.807, 2.05) is 6.07 Å². The maximum atomic E-state index is 13.1. The van der Waals surface area contributed by atoms with E-state index in [9.17, 15) is 22.6 Å². The predicted octanol–water partition coefficient (Wildman–Crippen LogP) is 5.39. The molecule has 0 amide bonds. The monoisotopic (exact) mass is 474 g/mol. The van der Waals surface area contributed by atoms with Crippen LogP contribution in [0.25, 0.3) is 22.0 Å². The van der Waals surface area contributed by atoms with Crippen LogP contribution in [0.15, 0.2) is 59.1 Å². The van der Waals surface area contributed by atoms with Crippen molar-refractivity contribution in [3.05, 3.63) is 65.3 Å². The van der Waals surface area contributed by atoms with E-state index in [0.717, 1.165) is 12.1 Å². The van der Waals surface area contributed by atoms with Crippen LogP contribution in [0.4, 0.5) is 18.3 Å². The summed E-state index contributed by atoms with van der Waals surface area (Å²) in [4.78, 5) is 8.74. The maximum Gasteiger partial charge on any atom is 0.416 e. The molecule has 4 aromatic rings. The van der Waals surface area contributed by atoms with Crippen LogP contribution >= 0.6 is 11.3 Å². The molecule has 0 aliphatic carbocycles. The van der Waals surface area contributed by atoms with Crippen LogP contribution in [-0.2, 0) is 17.2 Å². The number of ether oxygens (including phenoxy) is 1. The molecule has 0 spiro atoms. The van der Waals surface area contributed by atoms with Crippen molar-refractivity contribution in [2.75, 3.05) is 11.8 Å². The number of alkyl halides is 3. The first-order valence-electron chi connectivity index (χ1n) is 8.98. The Morgan fingerprint density at radius 1 is 1.16 bits per heavy atom. The zero-order chi connectivity index (χ0) is 22.9. The third kappa shape index (κ3) is 4.15. The average molecular weight is 474 g/mol. The molecule has 162 valence electrons. The van der Waals surface area contributed by atoms with E-state index in [-0.39, 0.29) is 11.3 Å². The standard InChI is InChI=1S/C21H13F3N4O2S2/c1-30-18-8-13(21(22,23)24)2-4-16(18)19-15-5-3-14(9-17(15)12(10-25)11-27-19)32(29)28-20-26-6-7-31-20/h2-9,11H,1H3,(H,26,28). The van der Waals surface area contributed by atoms with Gasteiger partial charge >= 0.3 is 6.18 Å². The first-order valence-corrected chi connectivity index (χ1v) is 11.0. The van der Waals surface area contributed by atoms with Crippen molar-refractivity contribution in [1.82, 2.24) is 9.97 Å². The molecule has 2 aromatic carbocycles. The van der Waals surface area contributed by atoms with Gasteiger partial charge in [-0.15, -0.1) is 11.3 Å². The summed E-state index contributed by atoms with van der Waals surface area (Å²) in [6.07, 6.45) is -1.61. The summed E-state index contributed by atoms with van der Waals surface area (Å²) in [6, 6.07) is 10.0. The number of halogens is 3. The molecule has 4 rings (SSSR count). The molecule has 0 aliphatic rings. The largest absolute Gasteiger partial charge is 0.496 e. The minimum absolute atomic E-state index is 0.00331. The van der Waals surface area contributed by atoms with Gasteiger partial charge in [-0.05, 0) is 30.3 Å². The van der Waals surface area contributed by atoms with Gasteiger partial charge in [-0.2, -0.15) is 18.4 Å². The number of nitrogens with zero attached hydrogens (tertiary/aromatic N) is 3. The van der Waals surface area contributed by atoms with Crippen molar-refractivity contribution in [2.45, 2.75) is 11.1 Å². The van der Waals surface area contributed by atoms with Gasteiger partial charge in [-0.1, -0.05) is 6.07 Å². The lowest BCUT2D eigenvalue weighted by molar-refractivity contribution is -0.137. The third-order valence-electron chi connectivity index (χ3n) is 4.59. The number of hydrogen-bond donors (Lipinski definition) is 1. The van der Waals surface area contributed by atoms with Gasteiger partial charge in [0.15, 0.2) is 16.1 Å². The molecular weight excluding hydrogens is 461 g/mol. The van der Waals surface area contributed by atoms with E-state index < -0.39 is 22.7 Å². The summed E-state index contributed by atoms with van der Waals surface area (Å²) in [5, 5.41) is 12.7. The van der Waals surface area contributed by atoms with Crippen molar-refractivity contribution >= 4 is 38.2 Å². The molecule has 6 nitrogen and oxygen atoms in total. The number of benzene rings is 2. The lowest BCUT2D eigenvalue weighted by Crippen LogP contribution is -2.06. The van der Waals surface area contributed by atoms with Gasteiger partial charge in [0.2, 0.25) is 0 Å². The molecule has 32 heavy (non-hydrogen) atoms. The second kappa shape index (κ2) is 8.57. The Kier molecular flexibility index (Phi) is 5.82. The molecule has 0 aliphatic heterocycles. The summed E-state index contributed by atoms with van der Waals surface area (Å²) < 4.78 is 60.0. The fourth-order valence-corrected chi connectivity index (χ4v) is 4.65. The van der Waals surface area contributed by atoms with Crippen LogP contribution in [0, 0.1) is 11.3 Å². The SMILES string of the molecule is COc1cc(C(F)(F)F)ccc1-c1ncc(C#N)c2cc(S(=O)Nc3nccs3)ccc12. The fraction of sp³-hybridized carbons (Fsp3) is 0.0952. The van der Waals surface area contributed by atoms with Crippen molar-refractivity contribution in [3.63, 3.8) is 0 Å². The topological polar surface area (TPSA) is 87.9 Å². The zero-order valence-corrected chi connectivity index (χ0v) is 17.9. The Morgan fingerprint density at radius 3 is 2.62 bits per heavy atom. The molecule has 0 saturated heterocycles. The lowest BCUT2D eigenvalue weighted by atomic mass is 9.99. The highest BCUT2D eigenvalue weighted by atomic mass is 32.2. The second-order valence-corrected chi connectivity index (χ2v) is 8.57. The molecule has 0 bridgehead atoms. The van der Waals surface area contributed by atoms with Crippen LogP contribution in [0.1, 0.15) is 11.1 Å². The average Bonchev–Trinajstić information content (AvgIpc) is 3.30.